The Morgan fingerprint density at radius 2 is 2.04 bits per heavy atom. The fourth-order valence-electron chi connectivity index (χ4n) is 2.83. The van der Waals surface area contributed by atoms with Crippen LogP contribution in [0.5, 0.6) is 5.75 Å². The van der Waals surface area contributed by atoms with Crippen LogP contribution in [0.3, 0.4) is 0 Å². The van der Waals surface area contributed by atoms with Gasteiger partial charge in [0.2, 0.25) is 0 Å². The number of nitrogens with zero attached hydrogens (tertiary/aromatic N) is 3. The van der Waals surface area contributed by atoms with Crippen molar-refractivity contribution in [3.05, 3.63) is 59.9 Å². The number of carbonyl (C=O) groups excluding carboxylic acids is 1. The smallest absolute Gasteiger partial charge is 0.272 e. The molecule has 6 nitrogen and oxygen atoms in total. The van der Waals surface area contributed by atoms with Gasteiger partial charge in [-0.25, -0.2) is 0 Å². The lowest BCUT2D eigenvalue weighted by Gasteiger charge is -2.29. The first-order valence-electron chi connectivity index (χ1n) is 8.69. The number of allylic oxidation sites excluding steroid dienone is 1. The highest BCUT2D eigenvalue weighted by molar-refractivity contribution is 5.92. The van der Waals surface area contributed by atoms with Crippen molar-refractivity contribution in [1.29, 1.82) is 0 Å². The Labute approximate surface area is 154 Å². The van der Waals surface area contributed by atoms with Crippen LogP contribution in [0.1, 0.15) is 36.3 Å². The number of rotatable bonds is 8. The van der Waals surface area contributed by atoms with E-state index in [1.807, 2.05) is 43.3 Å². The van der Waals surface area contributed by atoms with Gasteiger partial charge < -0.3 is 14.7 Å². The zero-order valence-electron chi connectivity index (χ0n) is 15.8. The maximum absolute atomic E-state index is 12.9. The molecule has 6 heteroatoms. The molecule has 1 heterocycles. The van der Waals surface area contributed by atoms with Gasteiger partial charge in [-0.05, 0) is 44.0 Å². The number of hydrogen-bond donors (Lipinski definition) is 1. The second-order valence-corrected chi connectivity index (χ2v) is 6.25. The fourth-order valence-corrected chi connectivity index (χ4v) is 2.83. The summed E-state index contributed by atoms with van der Waals surface area (Å²) in [5.41, 5.74) is 1.52. The van der Waals surface area contributed by atoms with Gasteiger partial charge in [-0.3, -0.25) is 9.48 Å². The summed E-state index contributed by atoms with van der Waals surface area (Å²) in [5.74, 6) is 0.625. The molecular weight excluding hydrogens is 330 g/mol. The Morgan fingerprint density at radius 3 is 2.62 bits per heavy atom. The molecule has 1 aromatic carbocycles. The maximum Gasteiger partial charge on any atom is 0.272 e. The van der Waals surface area contributed by atoms with Crippen molar-refractivity contribution in [2.45, 2.75) is 39.0 Å². The molecule has 0 bridgehead atoms. The van der Waals surface area contributed by atoms with Gasteiger partial charge in [0.25, 0.3) is 5.91 Å². The van der Waals surface area contributed by atoms with Gasteiger partial charge in [0.1, 0.15) is 11.4 Å². The molecule has 2 rings (SSSR count). The predicted octanol–water partition coefficient (Wildman–Crippen LogP) is 2.73. The third-order valence-corrected chi connectivity index (χ3v) is 4.41. The second-order valence-electron chi connectivity index (χ2n) is 6.25. The summed E-state index contributed by atoms with van der Waals surface area (Å²) < 4.78 is 6.84. The Bertz CT molecular complexity index is 735. The van der Waals surface area contributed by atoms with Crippen molar-refractivity contribution in [2.24, 2.45) is 0 Å². The largest absolute Gasteiger partial charge is 0.497 e. The van der Waals surface area contributed by atoms with Crippen LogP contribution in [0, 0.1) is 0 Å². The normalized spacial score (nSPS) is 13.6. The molecule has 0 spiro atoms. The van der Waals surface area contributed by atoms with Gasteiger partial charge >= 0.3 is 0 Å². The van der Waals surface area contributed by atoms with E-state index < -0.39 is 6.10 Å². The van der Waals surface area contributed by atoms with Gasteiger partial charge in [-0.1, -0.05) is 24.3 Å². The molecule has 0 fully saturated rings. The van der Waals surface area contributed by atoms with Crippen molar-refractivity contribution in [1.82, 2.24) is 14.7 Å². The van der Waals surface area contributed by atoms with Crippen LogP contribution in [-0.2, 0) is 6.54 Å². The molecule has 2 aromatic rings. The Hall–Kier alpha value is -2.60. The summed E-state index contributed by atoms with van der Waals surface area (Å²) in [4.78, 5) is 14.5. The van der Waals surface area contributed by atoms with Crippen LogP contribution in [-0.4, -0.2) is 52.0 Å². The van der Waals surface area contributed by atoms with Crippen LogP contribution < -0.4 is 4.74 Å². The van der Waals surface area contributed by atoms with Crippen molar-refractivity contribution >= 4 is 5.91 Å². The Balaban J connectivity index is 2.17. The van der Waals surface area contributed by atoms with E-state index in [2.05, 4.69) is 5.10 Å². The lowest BCUT2D eigenvalue weighted by Crippen LogP contribution is -2.44. The van der Waals surface area contributed by atoms with Gasteiger partial charge in [0.15, 0.2) is 0 Å². The van der Waals surface area contributed by atoms with Crippen LogP contribution in [0.4, 0.5) is 0 Å². The summed E-state index contributed by atoms with van der Waals surface area (Å²) in [6.45, 7) is 4.11. The molecular formula is C20H27N3O3. The molecule has 0 aliphatic rings. The monoisotopic (exact) mass is 357 g/mol. The van der Waals surface area contributed by atoms with Gasteiger partial charge in [-0.15, -0.1) is 0 Å². The first kappa shape index (κ1) is 19.7. The third kappa shape index (κ3) is 4.73. The summed E-state index contributed by atoms with van der Waals surface area (Å²) in [5, 5.41) is 14.3. The average molecular weight is 357 g/mol. The van der Waals surface area contributed by atoms with E-state index in [1.54, 1.807) is 42.9 Å². The SMILES string of the molecule is C/C=C\C[C@@H](C(C)O)N(C)C(=O)c1ccnn1Cc1ccc(OC)cc1. The number of benzene rings is 1. The average Bonchev–Trinajstić information content (AvgIpc) is 3.09. The number of aliphatic hydroxyl groups excluding tert-OH is 1. The van der Waals surface area contributed by atoms with Crippen molar-refractivity contribution in [3.63, 3.8) is 0 Å². The number of hydrogen-bond acceptors (Lipinski definition) is 4. The lowest BCUT2D eigenvalue weighted by atomic mass is 10.1. The molecule has 140 valence electrons. The molecule has 1 N–H and O–H groups in total. The standard InChI is InChI=1S/C20H27N3O3/c1-5-6-7-18(15(2)24)22(3)20(25)19-12-13-21-23(19)14-16-8-10-17(26-4)11-9-16/h5-6,8-13,15,18,24H,7,14H2,1-4H3/b6-5-/t15?,18-/m0/s1. The van der Waals surface area contributed by atoms with Gasteiger partial charge in [0.05, 0.1) is 25.8 Å². The highest BCUT2D eigenvalue weighted by Crippen LogP contribution is 2.16. The quantitative estimate of drug-likeness (QED) is 0.738. The van der Waals surface area contributed by atoms with Gasteiger partial charge in [0, 0.05) is 13.2 Å². The Morgan fingerprint density at radius 1 is 1.35 bits per heavy atom. The summed E-state index contributed by atoms with van der Waals surface area (Å²) in [6.07, 6.45) is 5.46. The van der Waals surface area contributed by atoms with Crippen molar-refractivity contribution in [3.8, 4) is 5.75 Å². The lowest BCUT2D eigenvalue weighted by molar-refractivity contribution is 0.0492. The van der Waals surface area contributed by atoms with E-state index in [-0.39, 0.29) is 11.9 Å². The second kappa shape index (κ2) is 9.20. The van der Waals surface area contributed by atoms with E-state index >= 15 is 0 Å². The molecule has 0 saturated carbocycles. The molecule has 0 saturated heterocycles. The molecule has 1 amide bonds. The Kier molecular flexibility index (Phi) is 6.97. The molecule has 0 aliphatic carbocycles. The van der Waals surface area contributed by atoms with Crippen molar-refractivity contribution < 1.29 is 14.6 Å². The summed E-state index contributed by atoms with van der Waals surface area (Å²) in [7, 11) is 3.34. The van der Waals surface area contributed by atoms with Crippen LogP contribution >= 0.6 is 0 Å². The molecule has 2 atom stereocenters. The topological polar surface area (TPSA) is 67.6 Å². The number of methoxy groups -OCH3 is 1. The fraction of sp³-hybridized carbons (Fsp3) is 0.400. The number of ether oxygens (including phenoxy) is 1. The molecule has 1 aromatic heterocycles. The summed E-state index contributed by atoms with van der Waals surface area (Å²) >= 11 is 0. The highest BCUT2D eigenvalue weighted by Gasteiger charge is 2.26. The zero-order chi connectivity index (χ0) is 19.1. The number of carbonyl (C=O) groups is 1. The van der Waals surface area contributed by atoms with E-state index in [9.17, 15) is 9.90 Å². The predicted molar refractivity (Wildman–Crippen MR) is 101 cm³/mol. The molecule has 0 aliphatic heterocycles. The minimum absolute atomic E-state index is 0.161. The zero-order valence-corrected chi connectivity index (χ0v) is 15.8. The van der Waals surface area contributed by atoms with Crippen molar-refractivity contribution in [2.75, 3.05) is 14.2 Å². The molecule has 26 heavy (non-hydrogen) atoms. The highest BCUT2D eigenvalue weighted by atomic mass is 16.5. The van der Waals surface area contributed by atoms with Gasteiger partial charge in [-0.2, -0.15) is 5.10 Å². The number of amides is 1. The molecule has 1 unspecified atom stereocenters. The maximum atomic E-state index is 12.9. The van der Waals surface area contributed by atoms with Crippen LogP contribution in [0.25, 0.3) is 0 Å². The number of aromatic nitrogens is 2. The number of aliphatic hydroxyl groups is 1. The van der Waals surface area contributed by atoms with E-state index in [1.165, 1.54) is 0 Å². The molecule has 0 radical (unpaired) electrons. The third-order valence-electron chi connectivity index (χ3n) is 4.41. The minimum atomic E-state index is -0.627. The minimum Gasteiger partial charge on any atom is -0.497 e. The first-order valence-corrected chi connectivity index (χ1v) is 8.69. The van der Waals surface area contributed by atoms with Crippen LogP contribution in [0.15, 0.2) is 48.7 Å². The first-order chi connectivity index (χ1) is 12.5. The summed E-state index contributed by atoms with van der Waals surface area (Å²) in [6, 6.07) is 9.08. The van der Waals surface area contributed by atoms with E-state index in [4.69, 9.17) is 4.74 Å². The number of likely N-dealkylation sites (N-methyl/N-ethyl adjacent to an activating group) is 1. The van der Waals surface area contributed by atoms with E-state index in [0.717, 1.165) is 11.3 Å². The van der Waals surface area contributed by atoms with Crippen LogP contribution in [0.2, 0.25) is 0 Å². The van der Waals surface area contributed by atoms with E-state index in [0.29, 0.717) is 18.7 Å².